The fourth-order valence-electron chi connectivity index (χ4n) is 1.60. The molecule has 2 N–H and O–H groups in total. The van der Waals surface area contributed by atoms with E-state index in [2.05, 4.69) is 4.98 Å². The molecule has 0 atom stereocenters. The summed E-state index contributed by atoms with van der Waals surface area (Å²) in [6.07, 6.45) is 0. The summed E-state index contributed by atoms with van der Waals surface area (Å²) in [6.45, 7) is 3.35. The number of hydrogen-bond acceptors (Lipinski definition) is 4. The van der Waals surface area contributed by atoms with E-state index in [4.69, 9.17) is 10.5 Å². The smallest absolute Gasteiger partial charge is 0.219 e. The third kappa shape index (κ3) is 2.66. The van der Waals surface area contributed by atoms with E-state index in [0.717, 1.165) is 5.69 Å². The Kier molecular flexibility index (Phi) is 3.28. The third-order valence-corrected chi connectivity index (χ3v) is 2.46. The van der Waals surface area contributed by atoms with E-state index < -0.39 is 0 Å². The molecule has 0 fully saturated rings. The number of ether oxygens (including phenoxy) is 1. The molecule has 0 radical (unpaired) electrons. The summed E-state index contributed by atoms with van der Waals surface area (Å²) < 4.78 is 5.62. The lowest BCUT2D eigenvalue weighted by Gasteiger charge is -2.09. The quantitative estimate of drug-likeness (QED) is 0.663. The number of nitrogen functional groups attached to an aromatic ring is 1. The largest absolute Gasteiger partial charge is 0.438 e. The first-order valence-electron chi connectivity index (χ1n) is 5.58. The zero-order chi connectivity index (χ0) is 13.1. The molecular formula is C14H14N2O2. The van der Waals surface area contributed by atoms with Gasteiger partial charge >= 0.3 is 0 Å². The molecule has 1 aromatic carbocycles. The Labute approximate surface area is 105 Å². The third-order valence-electron chi connectivity index (χ3n) is 2.46. The van der Waals surface area contributed by atoms with Crippen molar-refractivity contribution < 1.29 is 9.53 Å². The Morgan fingerprint density at radius 2 is 2.06 bits per heavy atom. The van der Waals surface area contributed by atoms with E-state index in [1.165, 1.54) is 6.92 Å². The van der Waals surface area contributed by atoms with Crippen LogP contribution >= 0.6 is 0 Å². The molecule has 0 saturated heterocycles. The van der Waals surface area contributed by atoms with Gasteiger partial charge in [-0.3, -0.25) is 4.79 Å². The van der Waals surface area contributed by atoms with Crippen LogP contribution in [0.1, 0.15) is 23.0 Å². The minimum Gasteiger partial charge on any atom is -0.438 e. The number of Topliss-reactive ketones (excluding diaryl/α,β-unsaturated/α-hetero) is 1. The first-order valence-corrected chi connectivity index (χ1v) is 5.58. The van der Waals surface area contributed by atoms with Gasteiger partial charge in [0, 0.05) is 17.4 Å². The van der Waals surface area contributed by atoms with Crippen molar-refractivity contribution in [3.63, 3.8) is 0 Å². The average Bonchev–Trinajstić information content (AvgIpc) is 2.31. The highest BCUT2D eigenvalue weighted by Gasteiger charge is 2.10. The van der Waals surface area contributed by atoms with Gasteiger partial charge in [-0.15, -0.1) is 0 Å². The molecule has 0 saturated carbocycles. The summed E-state index contributed by atoms with van der Waals surface area (Å²) >= 11 is 0. The highest BCUT2D eigenvalue weighted by atomic mass is 16.5. The summed E-state index contributed by atoms with van der Waals surface area (Å²) in [5, 5.41) is 0. The normalized spacial score (nSPS) is 10.1. The Bertz CT molecular complexity index is 594. The summed E-state index contributed by atoms with van der Waals surface area (Å²) in [5.41, 5.74) is 7.50. The number of carbonyl (C=O) groups excluding carboxylic acids is 1. The van der Waals surface area contributed by atoms with Crippen LogP contribution in [0.4, 0.5) is 5.69 Å². The maximum Gasteiger partial charge on any atom is 0.219 e. The monoisotopic (exact) mass is 242 g/mol. The predicted octanol–water partition coefficient (Wildman–Crippen LogP) is 2.97. The van der Waals surface area contributed by atoms with Gasteiger partial charge < -0.3 is 10.5 Å². The highest BCUT2D eigenvalue weighted by molar-refractivity contribution is 5.97. The second-order valence-corrected chi connectivity index (χ2v) is 4.03. The van der Waals surface area contributed by atoms with Crippen molar-refractivity contribution in [2.75, 3.05) is 5.73 Å². The molecule has 1 heterocycles. The summed E-state index contributed by atoms with van der Waals surface area (Å²) in [7, 11) is 0. The van der Waals surface area contributed by atoms with Crippen LogP contribution in [0.15, 0.2) is 36.4 Å². The SMILES string of the molecule is CC(=O)c1cc(N)ccc1Oc1cccc(C)n1. The zero-order valence-electron chi connectivity index (χ0n) is 10.3. The molecule has 2 rings (SSSR count). The van der Waals surface area contributed by atoms with Crippen LogP contribution in [0.25, 0.3) is 0 Å². The Morgan fingerprint density at radius 3 is 2.72 bits per heavy atom. The van der Waals surface area contributed by atoms with Gasteiger partial charge in [0.25, 0.3) is 0 Å². The van der Waals surface area contributed by atoms with Crippen molar-refractivity contribution in [2.24, 2.45) is 0 Å². The van der Waals surface area contributed by atoms with E-state index in [9.17, 15) is 4.79 Å². The Hall–Kier alpha value is -2.36. The van der Waals surface area contributed by atoms with E-state index >= 15 is 0 Å². The first kappa shape index (κ1) is 12.1. The van der Waals surface area contributed by atoms with Gasteiger partial charge in [-0.05, 0) is 38.1 Å². The van der Waals surface area contributed by atoms with Crippen molar-refractivity contribution in [2.45, 2.75) is 13.8 Å². The maximum absolute atomic E-state index is 11.5. The van der Waals surface area contributed by atoms with Gasteiger partial charge in [-0.2, -0.15) is 0 Å². The Morgan fingerprint density at radius 1 is 1.28 bits per heavy atom. The molecule has 0 spiro atoms. The van der Waals surface area contributed by atoms with Gasteiger partial charge in [0.15, 0.2) is 5.78 Å². The molecule has 0 amide bonds. The molecule has 18 heavy (non-hydrogen) atoms. The van der Waals surface area contributed by atoms with Crippen LogP contribution < -0.4 is 10.5 Å². The number of benzene rings is 1. The first-order chi connectivity index (χ1) is 8.56. The number of aryl methyl sites for hydroxylation is 1. The molecule has 2 aromatic rings. The molecule has 4 nitrogen and oxygen atoms in total. The van der Waals surface area contributed by atoms with Crippen LogP contribution in [0, 0.1) is 6.92 Å². The minimum absolute atomic E-state index is 0.0926. The van der Waals surface area contributed by atoms with Gasteiger partial charge in [-0.1, -0.05) is 6.07 Å². The van der Waals surface area contributed by atoms with Crippen molar-refractivity contribution in [3.05, 3.63) is 47.7 Å². The Balaban J connectivity index is 2.37. The number of nitrogens with two attached hydrogens (primary N) is 1. The fraction of sp³-hybridized carbons (Fsp3) is 0.143. The number of carbonyl (C=O) groups is 1. The second-order valence-electron chi connectivity index (χ2n) is 4.03. The molecule has 0 aliphatic rings. The van der Waals surface area contributed by atoms with Crippen LogP contribution in [0.3, 0.4) is 0 Å². The van der Waals surface area contributed by atoms with Crippen molar-refractivity contribution in [1.29, 1.82) is 0 Å². The maximum atomic E-state index is 11.5. The summed E-state index contributed by atoms with van der Waals surface area (Å²) in [4.78, 5) is 15.7. The lowest BCUT2D eigenvalue weighted by Crippen LogP contribution is -2.00. The number of hydrogen-bond donors (Lipinski definition) is 1. The van der Waals surface area contributed by atoms with Crippen LogP contribution in [-0.4, -0.2) is 10.8 Å². The molecular weight excluding hydrogens is 228 g/mol. The zero-order valence-corrected chi connectivity index (χ0v) is 10.3. The number of anilines is 1. The van der Waals surface area contributed by atoms with Gasteiger partial charge in [0.1, 0.15) is 5.75 Å². The second kappa shape index (κ2) is 4.87. The van der Waals surface area contributed by atoms with E-state index in [1.807, 2.05) is 19.1 Å². The van der Waals surface area contributed by atoms with Gasteiger partial charge in [0.05, 0.1) is 5.56 Å². The van der Waals surface area contributed by atoms with Crippen LogP contribution in [0.2, 0.25) is 0 Å². The predicted molar refractivity (Wildman–Crippen MR) is 69.9 cm³/mol. The average molecular weight is 242 g/mol. The van der Waals surface area contributed by atoms with Crippen molar-refractivity contribution in [1.82, 2.24) is 4.98 Å². The lowest BCUT2D eigenvalue weighted by molar-refractivity contribution is 0.101. The molecule has 92 valence electrons. The molecule has 1 aromatic heterocycles. The minimum atomic E-state index is -0.0926. The number of rotatable bonds is 3. The standard InChI is InChI=1S/C14H14N2O2/c1-9-4-3-5-14(16-9)18-13-7-6-11(15)8-12(13)10(2)17/h3-8H,15H2,1-2H3. The van der Waals surface area contributed by atoms with E-state index in [-0.39, 0.29) is 5.78 Å². The molecule has 0 aliphatic carbocycles. The summed E-state index contributed by atoms with van der Waals surface area (Å²) in [5.74, 6) is 0.835. The van der Waals surface area contributed by atoms with Gasteiger partial charge in [-0.25, -0.2) is 4.98 Å². The molecule has 4 heteroatoms. The fourth-order valence-corrected chi connectivity index (χ4v) is 1.60. The van der Waals surface area contributed by atoms with Crippen molar-refractivity contribution in [3.8, 4) is 11.6 Å². The van der Waals surface area contributed by atoms with Crippen molar-refractivity contribution >= 4 is 11.5 Å². The molecule has 0 unspecified atom stereocenters. The number of pyridine rings is 1. The number of nitrogens with zero attached hydrogens (tertiary/aromatic N) is 1. The molecule has 0 bridgehead atoms. The van der Waals surface area contributed by atoms with Gasteiger partial charge in [0.2, 0.25) is 5.88 Å². The number of aromatic nitrogens is 1. The van der Waals surface area contributed by atoms with Crippen LogP contribution in [-0.2, 0) is 0 Å². The van der Waals surface area contributed by atoms with E-state index in [0.29, 0.717) is 22.9 Å². The molecule has 0 aliphatic heterocycles. The van der Waals surface area contributed by atoms with Crippen LogP contribution in [0.5, 0.6) is 11.6 Å². The van der Waals surface area contributed by atoms with E-state index in [1.54, 1.807) is 24.3 Å². The lowest BCUT2D eigenvalue weighted by atomic mass is 10.1. The summed E-state index contributed by atoms with van der Waals surface area (Å²) in [6, 6.07) is 10.4. The number of ketones is 1. The highest BCUT2D eigenvalue weighted by Crippen LogP contribution is 2.26. The topological polar surface area (TPSA) is 65.2 Å².